The number of carbonyl (C=O) groups excluding carboxylic acids is 2. The van der Waals surface area contributed by atoms with Gasteiger partial charge in [-0.15, -0.1) is 0 Å². The first kappa shape index (κ1) is 25.1. The van der Waals surface area contributed by atoms with Crippen molar-refractivity contribution in [2.75, 3.05) is 27.2 Å². The average Bonchev–Trinajstić information content (AvgIpc) is 2.82. The van der Waals surface area contributed by atoms with Crippen LogP contribution in [0.3, 0.4) is 0 Å². The van der Waals surface area contributed by atoms with Crippen molar-refractivity contribution in [3.8, 4) is 5.75 Å². The number of nitrogens with zero attached hydrogens (tertiary/aromatic N) is 2. The summed E-state index contributed by atoms with van der Waals surface area (Å²) in [5.41, 5.74) is 1.82. The topological polar surface area (TPSA) is 49.9 Å². The molecule has 1 heterocycles. The first-order chi connectivity index (χ1) is 15.8. The van der Waals surface area contributed by atoms with Gasteiger partial charge in [-0.1, -0.05) is 37.6 Å². The Balaban J connectivity index is 1.72. The number of amides is 2. The van der Waals surface area contributed by atoms with E-state index < -0.39 is 0 Å². The fraction of sp³-hybridized carbons (Fsp3) is 0.481. The zero-order valence-corrected chi connectivity index (χ0v) is 20.8. The van der Waals surface area contributed by atoms with Crippen LogP contribution in [0.25, 0.3) is 0 Å². The van der Waals surface area contributed by atoms with E-state index in [0.717, 1.165) is 30.6 Å². The summed E-state index contributed by atoms with van der Waals surface area (Å²) in [7, 11) is 3.60. The Kier molecular flexibility index (Phi) is 8.79. The Morgan fingerprint density at radius 3 is 2.39 bits per heavy atom. The SMILES string of the molecule is COc1cccc(CC(C2CCN(C(=O)c3ccc(Cl)cc3)CC2)N(C)C(=O)CC(C)C)c1. The molecule has 1 saturated heterocycles. The maximum atomic E-state index is 13.0. The molecule has 1 aliphatic heterocycles. The highest BCUT2D eigenvalue weighted by Gasteiger charge is 2.33. The van der Waals surface area contributed by atoms with Gasteiger partial charge in [0.2, 0.25) is 5.91 Å². The van der Waals surface area contributed by atoms with Gasteiger partial charge < -0.3 is 14.5 Å². The lowest BCUT2D eigenvalue weighted by molar-refractivity contribution is -0.134. The molecule has 2 aromatic rings. The van der Waals surface area contributed by atoms with E-state index in [0.29, 0.717) is 41.9 Å². The minimum atomic E-state index is 0.0405. The zero-order valence-electron chi connectivity index (χ0n) is 20.1. The van der Waals surface area contributed by atoms with Crippen molar-refractivity contribution >= 4 is 23.4 Å². The first-order valence-electron chi connectivity index (χ1n) is 11.7. The van der Waals surface area contributed by atoms with Gasteiger partial charge in [0.1, 0.15) is 5.75 Å². The predicted molar refractivity (Wildman–Crippen MR) is 133 cm³/mol. The molecule has 6 heteroatoms. The van der Waals surface area contributed by atoms with Crippen molar-refractivity contribution < 1.29 is 14.3 Å². The quantitative estimate of drug-likeness (QED) is 0.524. The zero-order chi connectivity index (χ0) is 24.0. The summed E-state index contributed by atoms with van der Waals surface area (Å²) in [5.74, 6) is 1.69. The Morgan fingerprint density at radius 1 is 1.12 bits per heavy atom. The minimum absolute atomic E-state index is 0.0405. The Labute approximate surface area is 202 Å². The van der Waals surface area contributed by atoms with E-state index in [4.69, 9.17) is 16.3 Å². The van der Waals surface area contributed by atoms with Crippen LogP contribution in [0.1, 0.15) is 49.0 Å². The lowest BCUT2D eigenvalue weighted by Crippen LogP contribution is -2.48. The van der Waals surface area contributed by atoms with Crippen LogP contribution < -0.4 is 4.74 Å². The van der Waals surface area contributed by atoms with Crippen molar-refractivity contribution in [2.45, 2.75) is 45.6 Å². The number of likely N-dealkylation sites (tertiary alicyclic amines) is 1. The summed E-state index contributed by atoms with van der Waals surface area (Å²) in [5, 5.41) is 0.625. The summed E-state index contributed by atoms with van der Waals surface area (Å²) in [4.78, 5) is 29.7. The van der Waals surface area contributed by atoms with Gasteiger partial charge in [-0.3, -0.25) is 9.59 Å². The highest BCUT2D eigenvalue weighted by Crippen LogP contribution is 2.29. The van der Waals surface area contributed by atoms with E-state index in [1.165, 1.54) is 0 Å². The summed E-state index contributed by atoms with van der Waals surface area (Å²) in [6, 6.07) is 15.2. The van der Waals surface area contributed by atoms with Gasteiger partial charge in [0.15, 0.2) is 0 Å². The molecule has 1 fully saturated rings. The number of hydrogen-bond acceptors (Lipinski definition) is 3. The summed E-state index contributed by atoms with van der Waals surface area (Å²) >= 11 is 5.96. The molecule has 0 aliphatic carbocycles. The van der Waals surface area contributed by atoms with Crippen molar-refractivity contribution in [3.05, 3.63) is 64.7 Å². The second-order valence-corrected chi connectivity index (χ2v) is 9.80. The lowest BCUT2D eigenvalue weighted by Gasteiger charge is -2.40. The van der Waals surface area contributed by atoms with Crippen LogP contribution in [0.4, 0.5) is 0 Å². The monoisotopic (exact) mass is 470 g/mol. The number of likely N-dealkylation sites (N-methyl/N-ethyl adjacent to an activating group) is 1. The fourth-order valence-electron chi connectivity index (χ4n) is 4.60. The van der Waals surface area contributed by atoms with Crippen LogP contribution in [0, 0.1) is 11.8 Å². The lowest BCUT2D eigenvalue weighted by atomic mass is 9.84. The molecular formula is C27H35ClN2O3. The van der Waals surface area contributed by atoms with Gasteiger partial charge in [-0.25, -0.2) is 0 Å². The molecule has 178 valence electrons. The molecule has 3 rings (SSSR count). The van der Waals surface area contributed by atoms with Gasteiger partial charge in [-0.2, -0.15) is 0 Å². The second kappa shape index (κ2) is 11.6. The van der Waals surface area contributed by atoms with Gasteiger partial charge in [-0.05, 0) is 73.1 Å². The molecule has 5 nitrogen and oxygen atoms in total. The number of hydrogen-bond donors (Lipinski definition) is 0. The summed E-state index contributed by atoms with van der Waals surface area (Å²) in [6.07, 6.45) is 3.05. The molecule has 1 atom stereocenters. The van der Waals surface area contributed by atoms with Gasteiger partial charge in [0.25, 0.3) is 5.91 Å². The van der Waals surface area contributed by atoms with E-state index in [-0.39, 0.29) is 17.9 Å². The fourth-order valence-corrected chi connectivity index (χ4v) is 4.73. The largest absolute Gasteiger partial charge is 0.497 e. The minimum Gasteiger partial charge on any atom is -0.497 e. The van der Waals surface area contributed by atoms with E-state index in [1.54, 1.807) is 31.4 Å². The number of piperidine rings is 1. The smallest absolute Gasteiger partial charge is 0.253 e. The normalized spacial score (nSPS) is 15.4. The van der Waals surface area contributed by atoms with Gasteiger partial charge >= 0.3 is 0 Å². The number of carbonyl (C=O) groups is 2. The third kappa shape index (κ3) is 6.73. The number of halogens is 1. The number of benzene rings is 2. The summed E-state index contributed by atoms with van der Waals surface area (Å²) < 4.78 is 5.40. The number of ether oxygens (including phenoxy) is 1. The highest BCUT2D eigenvalue weighted by atomic mass is 35.5. The maximum Gasteiger partial charge on any atom is 0.253 e. The standard InChI is InChI=1S/C27H35ClN2O3/c1-19(2)16-26(31)29(3)25(18-20-6-5-7-24(17-20)33-4)21-12-14-30(15-13-21)27(32)22-8-10-23(28)11-9-22/h5-11,17,19,21,25H,12-16,18H2,1-4H3. The van der Waals surface area contributed by atoms with Gasteiger partial charge in [0, 0.05) is 43.2 Å². The number of methoxy groups -OCH3 is 1. The second-order valence-electron chi connectivity index (χ2n) is 9.36. The number of rotatable bonds is 8. The first-order valence-corrected chi connectivity index (χ1v) is 12.1. The molecule has 0 radical (unpaired) electrons. The Morgan fingerprint density at radius 2 is 1.79 bits per heavy atom. The van der Waals surface area contributed by atoms with E-state index in [2.05, 4.69) is 19.9 Å². The average molecular weight is 471 g/mol. The van der Waals surface area contributed by atoms with Crippen LogP contribution in [0.5, 0.6) is 5.75 Å². The molecule has 2 aromatic carbocycles. The highest BCUT2D eigenvalue weighted by molar-refractivity contribution is 6.30. The Hall–Kier alpha value is -2.53. The molecule has 33 heavy (non-hydrogen) atoms. The molecule has 0 aromatic heterocycles. The third-order valence-electron chi connectivity index (χ3n) is 6.51. The van der Waals surface area contributed by atoms with Crippen molar-refractivity contribution in [1.82, 2.24) is 9.80 Å². The molecular weight excluding hydrogens is 436 g/mol. The van der Waals surface area contributed by atoms with E-state index in [1.807, 2.05) is 35.0 Å². The maximum absolute atomic E-state index is 13.0. The van der Waals surface area contributed by atoms with E-state index >= 15 is 0 Å². The molecule has 0 spiro atoms. The molecule has 1 aliphatic rings. The third-order valence-corrected chi connectivity index (χ3v) is 6.77. The molecule has 0 N–H and O–H groups in total. The van der Waals surface area contributed by atoms with Crippen LogP contribution >= 0.6 is 11.6 Å². The van der Waals surface area contributed by atoms with Crippen molar-refractivity contribution in [1.29, 1.82) is 0 Å². The van der Waals surface area contributed by atoms with Crippen LogP contribution in [0.15, 0.2) is 48.5 Å². The molecule has 0 bridgehead atoms. The van der Waals surface area contributed by atoms with Crippen molar-refractivity contribution in [3.63, 3.8) is 0 Å². The predicted octanol–water partition coefficient (Wildman–Crippen LogP) is 5.32. The molecule has 2 amide bonds. The van der Waals surface area contributed by atoms with Gasteiger partial charge in [0.05, 0.1) is 7.11 Å². The van der Waals surface area contributed by atoms with Crippen LogP contribution in [0.2, 0.25) is 5.02 Å². The van der Waals surface area contributed by atoms with E-state index in [9.17, 15) is 9.59 Å². The van der Waals surface area contributed by atoms with Crippen LogP contribution in [-0.4, -0.2) is 54.9 Å². The molecule has 1 unspecified atom stereocenters. The van der Waals surface area contributed by atoms with Crippen molar-refractivity contribution in [2.24, 2.45) is 11.8 Å². The van der Waals surface area contributed by atoms with Crippen LogP contribution in [-0.2, 0) is 11.2 Å². The summed E-state index contributed by atoms with van der Waals surface area (Å²) in [6.45, 7) is 5.52. The molecule has 0 saturated carbocycles. The Bertz CT molecular complexity index is 937.